The molecule has 0 aromatic carbocycles. The van der Waals surface area contributed by atoms with E-state index in [1.54, 1.807) is 0 Å². The van der Waals surface area contributed by atoms with Crippen LogP contribution in [0.25, 0.3) is 0 Å². The SMILES string of the molecule is Cc1ccc(Nc2nccc(C3CCNCC3)n2)nc1. The van der Waals surface area contributed by atoms with Crippen LogP contribution in [0.5, 0.6) is 0 Å². The Hall–Kier alpha value is -2.01. The number of rotatable bonds is 3. The molecule has 1 aliphatic rings. The maximum absolute atomic E-state index is 4.62. The summed E-state index contributed by atoms with van der Waals surface area (Å²) in [5.41, 5.74) is 2.26. The van der Waals surface area contributed by atoms with Crippen LogP contribution in [0.1, 0.15) is 30.0 Å². The van der Waals surface area contributed by atoms with Crippen LogP contribution in [0.15, 0.2) is 30.6 Å². The Labute approximate surface area is 118 Å². The molecule has 5 heteroatoms. The van der Waals surface area contributed by atoms with E-state index in [1.807, 2.05) is 37.5 Å². The minimum atomic E-state index is 0.533. The molecular formula is C15H19N5. The van der Waals surface area contributed by atoms with Gasteiger partial charge in [-0.3, -0.25) is 0 Å². The van der Waals surface area contributed by atoms with Crippen LogP contribution in [-0.2, 0) is 0 Å². The van der Waals surface area contributed by atoms with Crippen LogP contribution in [0, 0.1) is 6.92 Å². The maximum Gasteiger partial charge on any atom is 0.228 e. The van der Waals surface area contributed by atoms with E-state index in [0.29, 0.717) is 11.9 Å². The molecular weight excluding hydrogens is 250 g/mol. The minimum Gasteiger partial charge on any atom is -0.317 e. The molecule has 5 nitrogen and oxygen atoms in total. The summed E-state index contributed by atoms with van der Waals surface area (Å²) in [4.78, 5) is 13.2. The van der Waals surface area contributed by atoms with Gasteiger partial charge in [0.2, 0.25) is 5.95 Å². The Morgan fingerprint density at radius 1 is 1.15 bits per heavy atom. The summed E-state index contributed by atoms with van der Waals surface area (Å²) in [5.74, 6) is 1.93. The molecule has 20 heavy (non-hydrogen) atoms. The smallest absolute Gasteiger partial charge is 0.228 e. The third-order valence-electron chi connectivity index (χ3n) is 3.59. The molecule has 0 aliphatic carbocycles. The molecule has 1 saturated heterocycles. The monoisotopic (exact) mass is 269 g/mol. The summed E-state index contributed by atoms with van der Waals surface area (Å²) in [6.45, 7) is 4.15. The molecule has 3 heterocycles. The predicted molar refractivity (Wildman–Crippen MR) is 79.1 cm³/mol. The number of aromatic nitrogens is 3. The topological polar surface area (TPSA) is 62.7 Å². The van der Waals surface area contributed by atoms with Crippen LogP contribution in [0.4, 0.5) is 11.8 Å². The van der Waals surface area contributed by atoms with Gasteiger partial charge in [0.15, 0.2) is 0 Å². The van der Waals surface area contributed by atoms with Crippen molar-refractivity contribution >= 4 is 11.8 Å². The molecule has 0 radical (unpaired) electrons. The maximum atomic E-state index is 4.62. The van der Waals surface area contributed by atoms with E-state index >= 15 is 0 Å². The average Bonchev–Trinajstić information content (AvgIpc) is 2.51. The van der Waals surface area contributed by atoms with E-state index in [2.05, 4.69) is 25.6 Å². The molecule has 1 fully saturated rings. The zero-order valence-electron chi connectivity index (χ0n) is 11.6. The molecule has 2 N–H and O–H groups in total. The second kappa shape index (κ2) is 5.96. The summed E-state index contributed by atoms with van der Waals surface area (Å²) in [6.07, 6.45) is 5.93. The number of piperidine rings is 1. The zero-order valence-corrected chi connectivity index (χ0v) is 11.6. The van der Waals surface area contributed by atoms with Crippen LogP contribution < -0.4 is 10.6 Å². The van der Waals surface area contributed by atoms with Gasteiger partial charge in [-0.2, -0.15) is 0 Å². The van der Waals surface area contributed by atoms with Gasteiger partial charge in [-0.05, 0) is 50.6 Å². The average molecular weight is 269 g/mol. The van der Waals surface area contributed by atoms with Crippen LogP contribution in [-0.4, -0.2) is 28.0 Å². The molecule has 3 rings (SSSR count). The first-order valence-corrected chi connectivity index (χ1v) is 7.04. The molecule has 2 aromatic rings. The Balaban J connectivity index is 1.75. The Bertz CT molecular complexity index is 561. The standard InChI is InChI=1S/C15H19N5/c1-11-2-3-14(18-10-11)20-15-17-9-6-13(19-15)12-4-7-16-8-5-12/h2-3,6,9-10,12,16H,4-5,7-8H2,1H3,(H,17,18,19,20). The number of hydrogen-bond donors (Lipinski definition) is 2. The number of pyridine rings is 1. The molecule has 2 aromatic heterocycles. The van der Waals surface area contributed by atoms with E-state index in [9.17, 15) is 0 Å². The first kappa shape index (κ1) is 13.0. The molecule has 0 unspecified atom stereocenters. The van der Waals surface area contributed by atoms with Crippen molar-refractivity contribution in [2.45, 2.75) is 25.7 Å². The van der Waals surface area contributed by atoms with Crippen molar-refractivity contribution < 1.29 is 0 Å². The van der Waals surface area contributed by atoms with E-state index in [1.165, 1.54) is 0 Å². The van der Waals surface area contributed by atoms with E-state index < -0.39 is 0 Å². The summed E-state index contributed by atoms with van der Waals surface area (Å²) in [6, 6.07) is 5.98. The number of nitrogens with zero attached hydrogens (tertiary/aromatic N) is 3. The largest absolute Gasteiger partial charge is 0.317 e. The molecule has 0 spiro atoms. The fourth-order valence-electron chi connectivity index (χ4n) is 2.43. The molecule has 0 atom stereocenters. The predicted octanol–water partition coefficient (Wildman–Crippen LogP) is 2.39. The zero-order chi connectivity index (χ0) is 13.8. The van der Waals surface area contributed by atoms with Crippen molar-refractivity contribution in [3.63, 3.8) is 0 Å². The van der Waals surface area contributed by atoms with Gasteiger partial charge in [-0.1, -0.05) is 6.07 Å². The van der Waals surface area contributed by atoms with E-state index in [-0.39, 0.29) is 0 Å². The fraction of sp³-hybridized carbons (Fsp3) is 0.400. The Morgan fingerprint density at radius 3 is 2.75 bits per heavy atom. The third kappa shape index (κ3) is 3.11. The fourth-order valence-corrected chi connectivity index (χ4v) is 2.43. The minimum absolute atomic E-state index is 0.533. The van der Waals surface area contributed by atoms with Crippen molar-refractivity contribution in [1.82, 2.24) is 20.3 Å². The van der Waals surface area contributed by atoms with Gasteiger partial charge in [-0.15, -0.1) is 0 Å². The quantitative estimate of drug-likeness (QED) is 0.896. The first-order chi connectivity index (χ1) is 9.81. The molecule has 0 bridgehead atoms. The lowest BCUT2D eigenvalue weighted by molar-refractivity contribution is 0.453. The summed E-state index contributed by atoms with van der Waals surface area (Å²) in [7, 11) is 0. The van der Waals surface area contributed by atoms with Gasteiger partial charge in [0.05, 0.1) is 0 Å². The third-order valence-corrected chi connectivity index (χ3v) is 3.59. The highest BCUT2D eigenvalue weighted by Crippen LogP contribution is 2.24. The van der Waals surface area contributed by atoms with Crippen LogP contribution >= 0.6 is 0 Å². The summed E-state index contributed by atoms with van der Waals surface area (Å²) >= 11 is 0. The highest BCUT2D eigenvalue weighted by molar-refractivity contribution is 5.47. The van der Waals surface area contributed by atoms with E-state index in [0.717, 1.165) is 43.0 Å². The Morgan fingerprint density at radius 2 is 2.00 bits per heavy atom. The lowest BCUT2D eigenvalue weighted by Crippen LogP contribution is -2.27. The number of nitrogens with one attached hydrogen (secondary N) is 2. The van der Waals surface area contributed by atoms with Crippen LogP contribution in [0.2, 0.25) is 0 Å². The van der Waals surface area contributed by atoms with Crippen molar-refractivity contribution in [2.75, 3.05) is 18.4 Å². The van der Waals surface area contributed by atoms with Gasteiger partial charge in [0.1, 0.15) is 5.82 Å². The molecule has 0 amide bonds. The van der Waals surface area contributed by atoms with Crippen molar-refractivity contribution in [2.24, 2.45) is 0 Å². The lowest BCUT2D eigenvalue weighted by atomic mass is 9.94. The number of aryl methyl sites for hydroxylation is 1. The lowest BCUT2D eigenvalue weighted by Gasteiger charge is -2.22. The second-order valence-corrected chi connectivity index (χ2v) is 5.18. The van der Waals surface area contributed by atoms with Crippen LogP contribution in [0.3, 0.4) is 0 Å². The van der Waals surface area contributed by atoms with Crippen molar-refractivity contribution in [1.29, 1.82) is 0 Å². The molecule has 0 saturated carbocycles. The highest BCUT2D eigenvalue weighted by atomic mass is 15.1. The van der Waals surface area contributed by atoms with Gasteiger partial charge in [0, 0.05) is 24.0 Å². The van der Waals surface area contributed by atoms with Gasteiger partial charge < -0.3 is 10.6 Å². The van der Waals surface area contributed by atoms with Crippen molar-refractivity contribution in [3.05, 3.63) is 41.9 Å². The molecule has 104 valence electrons. The van der Waals surface area contributed by atoms with Gasteiger partial charge in [0.25, 0.3) is 0 Å². The summed E-state index contributed by atoms with van der Waals surface area (Å²) < 4.78 is 0. The first-order valence-electron chi connectivity index (χ1n) is 7.04. The summed E-state index contributed by atoms with van der Waals surface area (Å²) in [5, 5.41) is 6.54. The molecule has 1 aliphatic heterocycles. The Kier molecular flexibility index (Phi) is 3.87. The second-order valence-electron chi connectivity index (χ2n) is 5.18. The normalized spacial score (nSPS) is 16.1. The van der Waals surface area contributed by atoms with Gasteiger partial charge in [-0.25, -0.2) is 15.0 Å². The number of hydrogen-bond acceptors (Lipinski definition) is 5. The highest BCUT2D eigenvalue weighted by Gasteiger charge is 2.16. The van der Waals surface area contributed by atoms with E-state index in [4.69, 9.17) is 0 Å². The number of anilines is 2. The van der Waals surface area contributed by atoms with Gasteiger partial charge >= 0.3 is 0 Å². The van der Waals surface area contributed by atoms with Crippen molar-refractivity contribution in [3.8, 4) is 0 Å².